The number of anilines is 1. The largest absolute Gasteiger partial charge is 0.310 e. The van der Waals surface area contributed by atoms with Crippen LogP contribution in [0.15, 0.2) is 53.7 Å². The van der Waals surface area contributed by atoms with Gasteiger partial charge in [-0.1, -0.05) is 23.4 Å². The van der Waals surface area contributed by atoms with Crippen LogP contribution < -0.4 is 5.32 Å². The lowest BCUT2D eigenvalue weighted by Crippen LogP contribution is -2.18. The molecule has 1 amide bonds. The first-order chi connectivity index (χ1) is 16.3. The molecule has 0 aliphatic rings. The third kappa shape index (κ3) is 4.55. The Bertz CT molecular complexity index is 1400. The van der Waals surface area contributed by atoms with E-state index in [9.17, 15) is 14.4 Å². The number of carbonyl (C=O) groups excluding carboxylic acids is 1. The first-order valence-electron chi connectivity index (χ1n) is 10.3. The molecule has 2 aromatic carbocycles. The van der Waals surface area contributed by atoms with Crippen LogP contribution in [0.2, 0.25) is 5.02 Å². The van der Waals surface area contributed by atoms with Gasteiger partial charge in [0.1, 0.15) is 17.7 Å². The predicted molar refractivity (Wildman–Crippen MR) is 131 cm³/mol. The van der Waals surface area contributed by atoms with Crippen LogP contribution in [0.5, 0.6) is 0 Å². The van der Waals surface area contributed by atoms with E-state index < -0.39 is 0 Å². The van der Waals surface area contributed by atoms with Gasteiger partial charge in [0, 0.05) is 29.0 Å². The average Bonchev–Trinajstić information content (AvgIpc) is 3.30. The van der Waals surface area contributed by atoms with Gasteiger partial charge in [0.25, 0.3) is 0 Å². The van der Waals surface area contributed by atoms with E-state index in [0.29, 0.717) is 33.1 Å². The van der Waals surface area contributed by atoms with Gasteiger partial charge < -0.3 is 9.88 Å². The zero-order valence-corrected chi connectivity index (χ0v) is 20.2. The number of hydrogen-bond donors (Lipinski definition) is 1. The molecule has 0 aliphatic heterocycles. The van der Waals surface area contributed by atoms with Crippen molar-refractivity contribution >= 4 is 35.1 Å². The number of nitrogens with one attached hydrogen (secondary N) is 1. The van der Waals surface area contributed by atoms with E-state index in [2.05, 4.69) is 21.6 Å². The molecule has 1 N–H and O–H groups in total. The molecule has 0 radical (unpaired) electrons. The van der Waals surface area contributed by atoms with Gasteiger partial charge in [-0.3, -0.25) is 9.36 Å². The Balaban J connectivity index is 1.54. The highest BCUT2D eigenvalue weighted by Gasteiger charge is 2.21. The lowest BCUT2D eigenvalue weighted by molar-refractivity contribution is -0.113. The van der Waals surface area contributed by atoms with Crippen molar-refractivity contribution in [2.24, 2.45) is 7.05 Å². The topological polar surface area (TPSA) is 88.5 Å². The molecule has 4 aromatic rings. The van der Waals surface area contributed by atoms with Gasteiger partial charge in [0.15, 0.2) is 11.0 Å². The molecule has 34 heavy (non-hydrogen) atoms. The van der Waals surface area contributed by atoms with Gasteiger partial charge in [-0.05, 0) is 67.9 Å². The van der Waals surface area contributed by atoms with E-state index in [1.807, 2.05) is 33.0 Å². The summed E-state index contributed by atoms with van der Waals surface area (Å²) in [5, 5.41) is 22.2. The van der Waals surface area contributed by atoms with E-state index >= 15 is 0 Å². The van der Waals surface area contributed by atoms with Crippen molar-refractivity contribution in [2.75, 3.05) is 11.1 Å². The van der Waals surface area contributed by atoms with Gasteiger partial charge in [0.05, 0.1) is 11.3 Å². The summed E-state index contributed by atoms with van der Waals surface area (Å²) in [7, 11) is 1.82. The first kappa shape index (κ1) is 23.5. The highest BCUT2D eigenvalue weighted by Crippen LogP contribution is 2.30. The monoisotopic (exact) mass is 494 g/mol. The second-order valence-corrected chi connectivity index (χ2v) is 8.95. The Hall–Kier alpha value is -3.61. The second-order valence-electron chi connectivity index (χ2n) is 7.57. The zero-order valence-electron chi connectivity index (χ0n) is 18.6. The summed E-state index contributed by atoms with van der Waals surface area (Å²) in [5.74, 6) is 0.398. The molecule has 0 atom stereocenters. The number of amides is 1. The van der Waals surface area contributed by atoms with Crippen LogP contribution in [0.3, 0.4) is 0 Å². The highest BCUT2D eigenvalue weighted by molar-refractivity contribution is 7.99. The Morgan fingerprint density at radius 3 is 2.47 bits per heavy atom. The standard InChI is InChI=1S/C24H20ClFN6OS/c1-14-15(2)32(19-10-8-18(26)9-11-19)23(20(14)12-27)28-21(33)13-34-24-30-29-22(31(24)3)16-4-6-17(25)7-5-16/h4-11H,13H2,1-3H3,(H,28,33). The van der Waals surface area contributed by atoms with Crippen molar-refractivity contribution in [1.29, 1.82) is 5.26 Å². The molecule has 0 spiro atoms. The summed E-state index contributed by atoms with van der Waals surface area (Å²) >= 11 is 7.19. The fraction of sp³-hybridized carbons (Fsp3) is 0.167. The number of carbonyl (C=O) groups is 1. The van der Waals surface area contributed by atoms with Crippen LogP contribution in [-0.2, 0) is 11.8 Å². The third-order valence-corrected chi connectivity index (χ3v) is 6.71. The predicted octanol–water partition coefficient (Wildman–Crippen LogP) is 5.28. The minimum absolute atomic E-state index is 0.0597. The summed E-state index contributed by atoms with van der Waals surface area (Å²) in [4.78, 5) is 12.9. The number of nitrogens with zero attached hydrogens (tertiary/aromatic N) is 5. The second kappa shape index (κ2) is 9.71. The maximum atomic E-state index is 13.4. The quantitative estimate of drug-likeness (QED) is 0.368. The van der Waals surface area contributed by atoms with Gasteiger partial charge in [-0.2, -0.15) is 5.26 Å². The van der Waals surface area contributed by atoms with Gasteiger partial charge in [-0.15, -0.1) is 10.2 Å². The summed E-state index contributed by atoms with van der Waals surface area (Å²) < 4.78 is 17.0. The fourth-order valence-electron chi connectivity index (χ4n) is 3.56. The molecular weight excluding hydrogens is 475 g/mol. The van der Waals surface area contributed by atoms with Gasteiger partial charge in [0.2, 0.25) is 5.91 Å². The average molecular weight is 495 g/mol. The molecule has 0 saturated carbocycles. The van der Waals surface area contributed by atoms with Gasteiger partial charge >= 0.3 is 0 Å². The molecule has 0 aliphatic carbocycles. The molecular formula is C24H20ClFN6OS. The van der Waals surface area contributed by atoms with Crippen LogP contribution in [0.25, 0.3) is 17.1 Å². The number of nitriles is 1. The summed E-state index contributed by atoms with van der Waals surface area (Å²) in [6.07, 6.45) is 0. The van der Waals surface area contributed by atoms with E-state index in [0.717, 1.165) is 16.8 Å². The fourth-order valence-corrected chi connectivity index (χ4v) is 4.40. The number of rotatable bonds is 6. The van der Waals surface area contributed by atoms with E-state index in [1.165, 1.54) is 23.9 Å². The number of thioether (sulfide) groups is 1. The number of halogens is 2. The number of aromatic nitrogens is 4. The molecule has 4 rings (SSSR count). The number of hydrogen-bond acceptors (Lipinski definition) is 5. The Kier molecular flexibility index (Phi) is 6.72. The Morgan fingerprint density at radius 2 is 1.82 bits per heavy atom. The van der Waals surface area contributed by atoms with Crippen molar-refractivity contribution in [2.45, 2.75) is 19.0 Å². The maximum absolute atomic E-state index is 13.4. The summed E-state index contributed by atoms with van der Waals surface area (Å²) in [5.41, 5.74) is 3.40. The summed E-state index contributed by atoms with van der Waals surface area (Å²) in [6.45, 7) is 3.66. The normalized spacial score (nSPS) is 10.8. The van der Waals surface area contributed by atoms with Crippen molar-refractivity contribution in [3.8, 4) is 23.1 Å². The van der Waals surface area contributed by atoms with Crippen LogP contribution >= 0.6 is 23.4 Å². The minimum atomic E-state index is -0.366. The molecule has 2 heterocycles. The van der Waals surface area contributed by atoms with Crippen LogP contribution in [-0.4, -0.2) is 31.0 Å². The Labute approximate surface area is 205 Å². The SMILES string of the molecule is Cc1c(C#N)c(NC(=O)CSc2nnc(-c3ccc(Cl)cc3)n2C)n(-c2ccc(F)cc2)c1C. The molecule has 172 valence electrons. The molecule has 0 unspecified atom stereocenters. The highest BCUT2D eigenvalue weighted by atomic mass is 35.5. The van der Waals surface area contributed by atoms with Gasteiger partial charge in [-0.25, -0.2) is 4.39 Å². The Morgan fingerprint density at radius 1 is 1.15 bits per heavy atom. The van der Waals surface area contributed by atoms with Crippen molar-refractivity contribution in [3.05, 3.63) is 76.2 Å². The molecule has 0 saturated heterocycles. The zero-order chi connectivity index (χ0) is 24.4. The molecule has 7 nitrogen and oxygen atoms in total. The van der Waals surface area contributed by atoms with Crippen LogP contribution in [0.4, 0.5) is 10.2 Å². The van der Waals surface area contributed by atoms with E-state index in [-0.39, 0.29) is 17.5 Å². The lowest BCUT2D eigenvalue weighted by Gasteiger charge is -2.13. The summed E-state index contributed by atoms with van der Waals surface area (Å²) in [6, 6.07) is 15.3. The van der Waals surface area contributed by atoms with Crippen molar-refractivity contribution < 1.29 is 9.18 Å². The van der Waals surface area contributed by atoms with Crippen LogP contribution in [0.1, 0.15) is 16.8 Å². The molecule has 0 bridgehead atoms. The molecule has 0 fully saturated rings. The van der Waals surface area contributed by atoms with Crippen molar-refractivity contribution in [1.82, 2.24) is 19.3 Å². The maximum Gasteiger partial charge on any atom is 0.236 e. The van der Waals surface area contributed by atoms with Crippen LogP contribution in [0, 0.1) is 31.0 Å². The van der Waals surface area contributed by atoms with Crippen molar-refractivity contribution in [3.63, 3.8) is 0 Å². The first-order valence-corrected chi connectivity index (χ1v) is 11.6. The molecule has 10 heteroatoms. The van der Waals surface area contributed by atoms with E-state index in [4.69, 9.17) is 11.6 Å². The number of benzene rings is 2. The van der Waals surface area contributed by atoms with E-state index in [1.54, 1.807) is 33.4 Å². The minimum Gasteiger partial charge on any atom is -0.310 e. The third-order valence-electron chi connectivity index (χ3n) is 5.44. The lowest BCUT2D eigenvalue weighted by atomic mass is 10.2. The smallest absolute Gasteiger partial charge is 0.236 e. The molecule has 2 aromatic heterocycles.